The molecule has 0 saturated carbocycles. The van der Waals surface area contributed by atoms with Gasteiger partial charge in [-0.2, -0.15) is 8.42 Å². The average Bonchev–Trinajstić information content (AvgIpc) is 2.47. The van der Waals surface area contributed by atoms with Gasteiger partial charge in [-0.15, -0.1) is 23.2 Å². The summed E-state index contributed by atoms with van der Waals surface area (Å²) in [6.07, 6.45) is -0.980. The lowest BCUT2D eigenvalue weighted by Gasteiger charge is -2.19. The van der Waals surface area contributed by atoms with Crippen molar-refractivity contribution >= 4 is 49.2 Å². The second kappa shape index (κ2) is 7.11. The summed E-state index contributed by atoms with van der Waals surface area (Å²) in [5, 5.41) is 0. The Morgan fingerprint density at radius 2 is 1.52 bits per heavy atom. The molecule has 0 aliphatic rings. The second-order valence-electron chi connectivity index (χ2n) is 4.17. The van der Waals surface area contributed by atoms with Gasteiger partial charge in [-0.1, -0.05) is 46.3 Å². The summed E-state index contributed by atoms with van der Waals surface area (Å²) in [7, 11) is -3.94. The lowest BCUT2D eigenvalue weighted by atomic mass is 10.1. The maximum absolute atomic E-state index is 12.2. The van der Waals surface area contributed by atoms with E-state index in [1.165, 1.54) is 12.1 Å². The normalized spacial score (nSPS) is 13.3. The van der Waals surface area contributed by atoms with E-state index in [1.54, 1.807) is 42.5 Å². The minimum absolute atomic E-state index is 0.0566. The molecule has 0 amide bonds. The van der Waals surface area contributed by atoms with Crippen molar-refractivity contribution in [3.63, 3.8) is 0 Å². The summed E-state index contributed by atoms with van der Waals surface area (Å²) < 4.78 is 30.5. The molecule has 0 heterocycles. The molecule has 0 bridgehead atoms. The van der Waals surface area contributed by atoms with Crippen molar-refractivity contribution in [3.8, 4) is 0 Å². The molecule has 0 unspecified atom stereocenters. The Labute approximate surface area is 142 Å². The first kappa shape index (κ1) is 16.8. The molecule has 0 radical (unpaired) electrons. The van der Waals surface area contributed by atoms with Gasteiger partial charge >= 0.3 is 0 Å². The lowest BCUT2D eigenvalue weighted by molar-refractivity contribution is 0.228. The van der Waals surface area contributed by atoms with Crippen LogP contribution in [-0.2, 0) is 14.3 Å². The van der Waals surface area contributed by atoms with Crippen LogP contribution in [0.4, 0.5) is 0 Å². The van der Waals surface area contributed by atoms with Crippen LogP contribution in [0.3, 0.4) is 0 Å². The molecule has 2 aromatic carbocycles. The van der Waals surface area contributed by atoms with E-state index in [2.05, 4.69) is 15.9 Å². The fourth-order valence-corrected chi connectivity index (χ4v) is 3.55. The number of halogens is 3. The lowest BCUT2D eigenvalue weighted by Crippen LogP contribution is -2.17. The van der Waals surface area contributed by atoms with Gasteiger partial charge in [-0.05, 0) is 29.8 Å². The van der Waals surface area contributed by atoms with Crippen molar-refractivity contribution in [2.45, 2.75) is 15.8 Å². The highest BCUT2D eigenvalue weighted by Gasteiger charge is 2.28. The standard InChI is InChI=1S/C14H11BrCl2O3S/c15-11-8-6-10(7-9-11)13(14(16)17)20-21(18,19)12-4-2-1-3-5-12/h1-9,13-14H/t13-/m0/s1. The minimum Gasteiger partial charge on any atom is -0.255 e. The molecule has 7 heteroatoms. The van der Waals surface area contributed by atoms with E-state index in [-0.39, 0.29) is 4.90 Å². The second-order valence-corrected chi connectivity index (χ2v) is 7.82. The molecule has 2 rings (SSSR count). The summed E-state index contributed by atoms with van der Waals surface area (Å²) in [6, 6.07) is 14.8. The largest absolute Gasteiger partial charge is 0.297 e. The minimum atomic E-state index is -3.94. The van der Waals surface area contributed by atoms with E-state index in [9.17, 15) is 8.42 Å². The summed E-state index contributed by atoms with van der Waals surface area (Å²) >= 11 is 15.1. The Hall–Kier alpha value is -0.590. The van der Waals surface area contributed by atoms with Gasteiger partial charge in [0.15, 0.2) is 0 Å². The number of alkyl halides is 2. The fraction of sp³-hybridized carbons (Fsp3) is 0.143. The van der Waals surface area contributed by atoms with Crippen LogP contribution in [-0.4, -0.2) is 13.3 Å². The van der Waals surface area contributed by atoms with Crippen LogP contribution in [0.1, 0.15) is 11.7 Å². The van der Waals surface area contributed by atoms with Gasteiger partial charge < -0.3 is 0 Å². The molecule has 21 heavy (non-hydrogen) atoms. The number of rotatable bonds is 5. The van der Waals surface area contributed by atoms with Gasteiger partial charge in [0.05, 0.1) is 4.90 Å². The van der Waals surface area contributed by atoms with Crippen LogP contribution < -0.4 is 0 Å². The summed E-state index contributed by atoms with van der Waals surface area (Å²) in [5.74, 6) is 0. The Bertz CT molecular complexity index is 688. The molecule has 0 aliphatic heterocycles. The first-order valence-electron chi connectivity index (χ1n) is 5.92. The van der Waals surface area contributed by atoms with E-state index in [0.29, 0.717) is 5.56 Å². The third kappa shape index (κ3) is 4.44. The quantitative estimate of drug-likeness (QED) is 0.531. The highest BCUT2D eigenvalue weighted by Crippen LogP contribution is 2.32. The monoisotopic (exact) mass is 408 g/mol. The van der Waals surface area contributed by atoms with Crippen molar-refractivity contribution < 1.29 is 12.6 Å². The molecule has 112 valence electrons. The number of hydrogen-bond donors (Lipinski definition) is 0. The molecule has 1 atom stereocenters. The molecular formula is C14H11BrCl2O3S. The SMILES string of the molecule is O=S(=O)(O[C@@H](c1ccc(Br)cc1)C(Cl)Cl)c1ccccc1. The van der Waals surface area contributed by atoms with Crippen molar-refractivity contribution in [1.29, 1.82) is 0 Å². The predicted octanol–water partition coefficient (Wildman–Crippen LogP) is 4.70. The first-order valence-corrected chi connectivity index (χ1v) is 8.99. The van der Waals surface area contributed by atoms with Crippen LogP contribution in [0, 0.1) is 0 Å². The van der Waals surface area contributed by atoms with E-state index in [0.717, 1.165) is 4.47 Å². The van der Waals surface area contributed by atoms with Crippen LogP contribution in [0.5, 0.6) is 0 Å². The van der Waals surface area contributed by atoms with Crippen LogP contribution in [0.15, 0.2) is 64.0 Å². The third-order valence-electron chi connectivity index (χ3n) is 2.69. The molecule has 3 nitrogen and oxygen atoms in total. The molecule has 0 saturated heterocycles. The smallest absolute Gasteiger partial charge is 0.255 e. The van der Waals surface area contributed by atoms with Gasteiger partial charge in [0.1, 0.15) is 10.9 Å². The Morgan fingerprint density at radius 3 is 2.05 bits per heavy atom. The van der Waals surface area contributed by atoms with Crippen molar-refractivity contribution in [2.75, 3.05) is 0 Å². The molecule has 0 aliphatic carbocycles. The van der Waals surface area contributed by atoms with Crippen molar-refractivity contribution in [2.24, 2.45) is 0 Å². The topological polar surface area (TPSA) is 43.4 Å². The Kier molecular flexibility index (Phi) is 5.68. The van der Waals surface area contributed by atoms with Gasteiger partial charge in [-0.25, -0.2) is 0 Å². The molecular weight excluding hydrogens is 399 g/mol. The molecule has 0 N–H and O–H groups in total. The van der Waals surface area contributed by atoms with Gasteiger partial charge in [0.25, 0.3) is 10.1 Å². The van der Waals surface area contributed by atoms with E-state index in [1.807, 2.05) is 0 Å². The zero-order chi connectivity index (χ0) is 15.5. The van der Waals surface area contributed by atoms with E-state index >= 15 is 0 Å². The number of benzene rings is 2. The van der Waals surface area contributed by atoms with Crippen molar-refractivity contribution in [1.82, 2.24) is 0 Å². The van der Waals surface area contributed by atoms with E-state index < -0.39 is 21.1 Å². The van der Waals surface area contributed by atoms with E-state index in [4.69, 9.17) is 27.4 Å². The van der Waals surface area contributed by atoms with Crippen molar-refractivity contribution in [3.05, 3.63) is 64.6 Å². The Morgan fingerprint density at radius 1 is 0.952 bits per heavy atom. The maximum atomic E-state index is 12.2. The maximum Gasteiger partial charge on any atom is 0.297 e. The predicted molar refractivity (Wildman–Crippen MR) is 87.1 cm³/mol. The van der Waals surface area contributed by atoms with Gasteiger partial charge in [0.2, 0.25) is 0 Å². The highest BCUT2D eigenvalue weighted by atomic mass is 79.9. The fourth-order valence-electron chi connectivity index (χ4n) is 1.67. The molecule has 0 spiro atoms. The number of hydrogen-bond acceptors (Lipinski definition) is 3. The molecule has 0 fully saturated rings. The third-order valence-corrected chi connectivity index (χ3v) is 4.99. The summed E-state index contributed by atoms with van der Waals surface area (Å²) in [5.41, 5.74) is 0.577. The molecule has 0 aromatic heterocycles. The van der Waals surface area contributed by atoms with Gasteiger partial charge in [0, 0.05) is 4.47 Å². The molecule has 2 aromatic rings. The van der Waals surface area contributed by atoms with Crippen LogP contribution in [0.25, 0.3) is 0 Å². The average molecular weight is 410 g/mol. The summed E-state index contributed by atoms with van der Waals surface area (Å²) in [4.78, 5) is -0.967. The first-order chi connectivity index (χ1) is 9.90. The Balaban J connectivity index is 2.31. The van der Waals surface area contributed by atoms with Gasteiger partial charge in [-0.3, -0.25) is 4.18 Å². The summed E-state index contributed by atoms with van der Waals surface area (Å²) in [6.45, 7) is 0. The zero-order valence-corrected chi connectivity index (χ0v) is 14.5. The van der Waals surface area contributed by atoms with Crippen LogP contribution in [0.2, 0.25) is 0 Å². The zero-order valence-electron chi connectivity index (χ0n) is 10.6. The highest BCUT2D eigenvalue weighted by molar-refractivity contribution is 9.10. The van der Waals surface area contributed by atoms with Crippen LogP contribution >= 0.6 is 39.1 Å².